The number of hydrogen-bond acceptors (Lipinski definition) is 4. The highest BCUT2D eigenvalue weighted by Gasteiger charge is 2.14. The molecule has 1 aromatic heterocycles. The van der Waals surface area contributed by atoms with Crippen molar-refractivity contribution in [2.45, 2.75) is 25.9 Å². The lowest BCUT2D eigenvalue weighted by atomic mass is 10.2. The molecule has 2 rings (SSSR count). The summed E-state index contributed by atoms with van der Waals surface area (Å²) in [6.07, 6.45) is 2.45. The van der Waals surface area contributed by atoms with Gasteiger partial charge >= 0.3 is 0 Å². The van der Waals surface area contributed by atoms with Gasteiger partial charge in [0.15, 0.2) is 0 Å². The summed E-state index contributed by atoms with van der Waals surface area (Å²) < 4.78 is 0. The summed E-state index contributed by atoms with van der Waals surface area (Å²) in [7, 11) is 0. The minimum atomic E-state index is -0.494. The van der Waals surface area contributed by atoms with Crippen molar-refractivity contribution in [3.63, 3.8) is 0 Å². The number of rotatable bonds is 3. The van der Waals surface area contributed by atoms with Crippen LogP contribution in [0.4, 0.5) is 5.69 Å². The van der Waals surface area contributed by atoms with Crippen LogP contribution in [0.2, 0.25) is 0 Å². The molecule has 1 atom stereocenters. The maximum Gasteiger partial charge on any atom is 0.221 e. The second-order valence-corrected chi connectivity index (χ2v) is 4.45. The molecular weight excluding hydrogens is 230 g/mol. The summed E-state index contributed by atoms with van der Waals surface area (Å²) in [6.45, 7) is 4.09. The maximum absolute atomic E-state index is 11.3. The van der Waals surface area contributed by atoms with Crippen LogP contribution >= 0.6 is 0 Å². The van der Waals surface area contributed by atoms with Crippen molar-refractivity contribution in [2.75, 3.05) is 24.5 Å². The SMILES string of the molecule is CCC(O)c1ccc(N2CCNC(=O)CC2)cn1. The van der Waals surface area contributed by atoms with Crippen LogP contribution in [0.3, 0.4) is 0 Å². The van der Waals surface area contributed by atoms with Gasteiger partial charge < -0.3 is 15.3 Å². The smallest absolute Gasteiger partial charge is 0.221 e. The molecule has 0 saturated carbocycles. The summed E-state index contributed by atoms with van der Waals surface area (Å²) in [5, 5.41) is 12.5. The summed E-state index contributed by atoms with van der Waals surface area (Å²) in [4.78, 5) is 17.7. The Bertz CT molecular complexity index is 405. The number of hydrogen-bond donors (Lipinski definition) is 2. The number of amides is 1. The molecule has 5 heteroatoms. The zero-order valence-corrected chi connectivity index (χ0v) is 10.6. The lowest BCUT2D eigenvalue weighted by molar-refractivity contribution is -0.120. The fourth-order valence-electron chi connectivity index (χ4n) is 2.02. The lowest BCUT2D eigenvalue weighted by Crippen LogP contribution is -2.28. The van der Waals surface area contributed by atoms with E-state index in [9.17, 15) is 9.90 Å². The molecule has 0 spiro atoms. The predicted molar refractivity (Wildman–Crippen MR) is 69.3 cm³/mol. The molecule has 1 aromatic rings. The highest BCUT2D eigenvalue weighted by molar-refractivity contribution is 5.77. The first kappa shape index (κ1) is 12.8. The molecular formula is C13H19N3O2. The maximum atomic E-state index is 11.3. The average molecular weight is 249 g/mol. The zero-order valence-electron chi connectivity index (χ0n) is 10.6. The number of carbonyl (C=O) groups excluding carboxylic acids is 1. The topological polar surface area (TPSA) is 65.5 Å². The van der Waals surface area contributed by atoms with Gasteiger partial charge in [0.05, 0.1) is 23.7 Å². The Kier molecular flexibility index (Phi) is 4.15. The van der Waals surface area contributed by atoms with Crippen molar-refractivity contribution in [1.82, 2.24) is 10.3 Å². The Morgan fingerprint density at radius 2 is 2.33 bits per heavy atom. The summed E-state index contributed by atoms with van der Waals surface area (Å²) >= 11 is 0. The van der Waals surface area contributed by atoms with E-state index in [0.29, 0.717) is 31.6 Å². The van der Waals surface area contributed by atoms with Gasteiger partial charge in [0.2, 0.25) is 5.91 Å². The van der Waals surface area contributed by atoms with E-state index in [0.717, 1.165) is 12.2 Å². The number of aromatic nitrogens is 1. The fourth-order valence-corrected chi connectivity index (χ4v) is 2.02. The largest absolute Gasteiger partial charge is 0.387 e. The predicted octanol–water partition coefficient (Wildman–Crippen LogP) is 0.851. The summed E-state index contributed by atoms with van der Waals surface area (Å²) in [5.74, 6) is 0.100. The molecule has 2 heterocycles. The first-order valence-electron chi connectivity index (χ1n) is 6.36. The van der Waals surface area contributed by atoms with Gasteiger partial charge in [-0.2, -0.15) is 0 Å². The Hall–Kier alpha value is -1.62. The molecule has 0 radical (unpaired) electrons. The second-order valence-electron chi connectivity index (χ2n) is 4.45. The van der Waals surface area contributed by atoms with Crippen LogP contribution in [-0.4, -0.2) is 35.6 Å². The molecule has 5 nitrogen and oxygen atoms in total. The summed E-state index contributed by atoms with van der Waals surface area (Å²) in [6, 6.07) is 3.81. The van der Waals surface area contributed by atoms with E-state index in [1.807, 2.05) is 19.1 Å². The minimum absolute atomic E-state index is 0.100. The van der Waals surface area contributed by atoms with E-state index >= 15 is 0 Å². The summed E-state index contributed by atoms with van der Waals surface area (Å²) in [5.41, 5.74) is 1.70. The first-order valence-corrected chi connectivity index (χ1v) is 6.36. The van der Waals surface area contributed by atoms with E-state index < -0.39 is 6.10 Å². The molecule has 2 N–H and O–H groups in total. The number of nitrogens with zero attached hydrogens (tertiary/aromatic N) is 2. The quantitative estimate of drug-likeness (QED) is 0.833. The fraction of sp³-hybridized carbons (Fsp3) is 0.538. The molecule has 1 aliphatic rings. The Balaban J connectivity index is 2.06. The Morgan fingerprint density at radius 1 is 1.50 bits per heavy atom. The number of carbonyl (C=O) groups is 1. The van der Waals surface area contributed by atoms with Crippen molar-refractivity contribution in [3.8, 4) is 0 Å². The molecule has 1 fully saturated rings. The molecule has 18 heavy (non-hydrogen) atoms. The van der Waals surface area contributed by atoms with Gasteiger partial charge in [-0.15, -0.1) is 0 Å². The van der Waals surface area contributed by atoms with E-state index in [1.54, 1.807) is 6.20 Å². The highest BCUT2D eigenvalue weighted by atomic mass is 16.3. The van der Waals surface area contributed by atoms with E-state index in [4.69, 9.17) is 0 Å². The van der Waals surface area contributed by atoms with Gasteiger partial charge in [-0.3, -0.25) is 9.78 Å². The molecule has 98 valence electrons. The van der Waals surface area contributed by atoms with E-state index in [1.165, 1.54) is 0 Å². The third kappa shape index (κ3) is 2.98. The normalized spacial score (nSPS) is 18.1. The first-order chi connectivity index (χ1) is 8.70. The van der Waals surface area contributed by atoms with Gasteiger partial charge in [0, 0.05) is 26.1 Å². The highest BCUT2D eigenvalue weighted by Crippen LogP contribution is 2.18. The second kappa shape index (κ2) is 5.82. The third-order valence-corrected chi connectivity index (χ3v) is 3.18. The van der Waals surface area contributed by atoms with Crippen molar-refractivity contribution < 1.29 is 9.90 Å². The molecule has 1 aliphatic heterocycles. The van der Waals surface area contributed by atoms with Crippen molar-refractivity contribution >= 4 is 11.6 Å². The van der Waals surface area contributed by atoms with Crippen LogP contribution in [0, 0.1) is 0 Å². The van der Waals surface area contributed by atoms with E-state index in [-0.39, 0.29) is 5.91 Å². The van der Waals surface area contributed by atoms with Gasteiger partial charge in [0.1, 0.15) is 0 Å². The zero-order chi connectivity index (χ0) is 13.0. The molecule has 0 aliphatic carbocycles. The number of pyridine rings is 1. The van der Waals surface area contributed by atoms with Crippen molar-refractivity contribution in [3.05, 3.63) is 24.0 Å². The number of aliphatic hydroxyl groups is 1. The number of anilines is 1. The molecule has 1 unspecified atom stereocenters. The standard InChI is InChI=1S/C13H19N3O2/c1-2-12(17)11-4-3-10(9-15-11)16-7-5-13(18)14-6-8-16/h3-4,9,12,17H,2,5-8H2,1H3,(H,14,18). The van der Waals surface area contributed by atoms with Crippen LogP contribution in [-0.2, 0) is 4.79 Å². The van der Waals surface area contributed by atoms with Crippen LogP contribution in [0.15, 0.2) is 18.3 Å². The number of nitrogens with one attached hydrogen (secondary N) is 1. The van der Waals surface area contributed by atoms with Crippen LogP contribution in [0.5, 0.6) is 0 Å². The average Bonchev–Trinajstić information content (AvgIpc) is 2.63. The monoisotopic (exact) mass is 249 g/mol. The Morgan fingerprint density at radius 3 is 3.00 bits per heavy atom. The van der Waals surface area contributed by atoms with Gasteiger partial charge in [-0.1, -0.05) is 6.92 Å². The van der Waals surface area contributed by atoms with Crippen LogP contribution in [0.1, 0.15) is 31.6 Å². The minimum Gasteiger partial charge on any atom is -0.387 e. The molecule has 1 saturated heterocycles. The Labute approximate surface area is 107 Å². The number of aliphatic hydroxyl groups excluding tert-OH is 1. The van der Waals surface area contributed by atoms with Crippen LogP contribution < -0.4 is 10.2 Å². The van der Waals surface area contributed by atoms with E-state index in [2.05, 4.69) is 15.2 Å². The van der Waals surface area contributed by atoms with Crippen molar-refractivity contribution in [1.29, 1.82) is 0 Å². The van der Waals surface area contributed by atoms with Crippen LogP contribution in [0.25, 0.3) is 0 Å². The third-order valence-electron chi connectivity index (χ3n) is 3.18. The lowest BCUT2D eigenvalue weighted by Gasteiger charge is -2.21. The van der Waals surface area contributed by atoms with Gasteiger partial charge in [-0.05, 0) is 18.6 Å². The van der Waals surface area contributed by atoms with Gasteiger partial charge in [-0.25, -0.2) is 0 Å². The molecule has 1 amide bonds. The van der Waals surface area contributed by atoms with Gasteiger partial charge in [0.25, 0.3) is 0 Å². The molecule has 0 bridgehead atoms. The van der Waals surface area contributed by atoms with Crippen molar-refractivity contribution in [2.24, 2.45) is 0 Å². The molecule has 0 aromatic carbocycles.